The lowest BCUT2D eigenvalue weighted by Gasteiger charge is -2.24. The summed E-state index contributed by atoms with van der Waals surface area (Å²) in [6, 6.07) is 13.5. The van der Waals surface area contributed by atoms with E-state index in [2.05, 4.69) is 21.2 Å². The van der Waals surface area contributed by atoms with E-state index >= 15 is 0 Å². The Morgan fingerprint density at radius 2 is 1.85 bits per heavy atom. The van der Waals surface area contributed by atoms with Crippen LogP contribution in [-0.2, 0) is 14.8 Å². The van der Waals surface area contributed by atoms with Gasteiger partial charge in [0.25, 0.3) is 10.0 Å². The maximum Gasteiger partial charge on any atom is 0.264 e. The fourth-order valence-corrected chi connectivity index (χ4v) is 4.17. The minimum atomic E-state index is -3.86. The quantitative estimate of drug-likeness (QED) is 0.635. The first-order valence-corrected chi connectivity index (χ1v) is 10.7. The molecule has 0 aliphatic heterocycles. The van der Waals surface area contributed by atoms with E-state index in [1.807, 2.05) is 19.9 Å². The third-order valence-corrected chi connectivity index (χ3v) is 6.13. The van der Waals surface area contributed by atoms with Crippen molar-refractivity contribution in [3.63, 3.8) is 0 Å². The van der Waals surface area contributed by atoms with Crippen molar-refractivity contribution in [1.29, 1.82) is 0 Å². The summed E-state index contributed by atoms with van der Waals surface area (Å²) < 4.78 is 28.2. The van der Waals surface area contributed by atoms with Crippen molar-refractivity contribution in [3.05, 3.63) is 58.6 Å². The van der Waals surface area contributed by atoms with E-state index in [-0.39, 0.29) is 17.3 Å². The average Bonchev–Trinajstić information content (AvgIpc) is 2.60. The van der Waals surface area contributed by atoms with Gasteiger partial charge < -0.3 is 5.32 Å². The third-order valence-electron chi connectivity index (χ3n) is 3.84. The smallest absolute Gasteiger partial charge is 0.264 e. The monoisotopic (exact) mass is 438 g/mol. The number of halogens is 1. The van der Waals surface area contributed by atoms with Gasteiger partial charge in [-0.2, -0.15) is 0 Å². The molecule has 0 spiro atoms. The maximum atomic E-state index is 13.2. The van der Waals surface area contributed by atoms with E-state index < -0.39 is 10.0 Å². The number of aryl methyl sites for hydroxylation is 1. The Morgan fingerprint density at radius 1 is 1.15 bits per heavy atom. The van der Waals surface area contributed by atoms with Crippen LogP contribution in [0.3, 0.4) is 0 Å². The second-order valence-corrected chi connectivity index (χ2v) is 8.79. The Morgan fingerprint density at radius 3 is 2.46 bits per heavy atom. The van der Waals surface area contributed by atoms with Crippen LogP contribution in [0, 0.1) is 6.92 Å². The SMILES string of the molecule is CCCCNC(=O)CN(c1cccc(Br)c1)S(=O)(=O)c1ccc(C)cc1. The summed E-state index contributed by atoms with van der Waals surface area (Å²) >= 11 is 3.36. The summed E-state index contributed by atoms with van der Waals surface area (Å²) in [4.78, 5) is 12.4. The number of rotatable bonds is 8. The van der Waals surface area contributed by atoms with E-state index in [9.17, 15) is 13.2 Å². The van der Waals surface area contributed by atoms with Crippen molar-refractivity contribution in [2.24, 2.45) is 0 Å². The van der Waals surface area contributed by atoms with Crippen LogP contribution in [0.15, 0.2) is 57.9 Å². The van der Waals surface area contributed by atoms with Crippen LogP contribution in [-0.4, -0.2) is 27.4 Å². The lowest BCUT2D eigenvalue weighted by Crippen LogP contribution is -2.41. The molecule has 2 rings (SSSR count). The number of nitrogens with zero attached hydrogens (tertiary/aromatic N) is 1. The standard InChI is InChI=1S/C19H23BrN2O3S/c1-3-4-12-21-19(23)14-22(17-7-5-6-16(20)13-17)26(24,25)18-10-8-15(2)9-11-18/h5-11,13H,3-4,12,14H2,1-2H3,(H,21,23). The molecule has 7 heteroatoms. The molecule has 0 unspecified atom stereocenters. The number of carbonyl (C=O) groups excluding carboxylic acids is 1. The number of hydrogen-bond donors (Lipinski definition) is 1. The van der Waals surface area contributed by atoms with Gasteiger partial charge in [-0.05, 0) is 43.7 Å². The zero-order chi connectivity index (χ0) is 19.2. The first-order valence-electron chi connectivity index (χ1n) is 8.46. The predicted molar refractivity (Wildman–Crippen MR) is 108 cm³/mol. The predicted octanol–water partition coefficient (Wildman–Crippen LogP) is 3.87. The molecule has 0 aromatic heterocycles. The second-order valence-electron chi connectivity index (χ2n) is 6.01. The molecule has 0 aliphatic carbocycles. The largest absolute Gasteiger partial charge is 0.355 e. The highest BCUT2D eigenvalue weighted by molar-refractivity contribution is 9.10. The molecule has 1 N–H and O–H groups in total. The van der Waals surface area contributed by atoms with Crippen LogP contribution in [0.5, 0.6) is 0 Å². The highest BCUT2D eigenvalue weighted by Gasteiger charge is 2.27. The van der Waals surface area contributed by atoms with Crippen LogP contribution in [0.4, 0.5) is 5.69 Å². The number of hydrogen-bond acceptors (Lipinski definition) is 3. The fraction of sp³-hybridized carbons (Fsp3) is 0.316. The van der Waals surface area contributed by atoms with Crippen molar-refractivity contribution < 1.29 is 13.2 Å². The maximum absolute atomic E-state index is 13.2. The highest BCUT2D eigenvalue weighted by atomic mass is 79.9. The van der Waals surface area contributed by atoms with E-state index in [4.69, 9.17) is 0 Å². The molecule has 1 amide bonds. The molecule has 2 aromatic rings. The molecule has 0 fully saturated rings. The zero-order valence-corrected chi connectivity index (χ0v) is 17.3. The Balaban J connectivity index is 2.36. The topological polar surface area (TPSA) is 66.5 Å². The Bertz CT molecular complexity index is 851. The van der Waals surface area contributed by atoms with Gasteiger partial charge in [0.05, 0.1) is 10.6 Å². The van der Waals surface area contributed by atoms with Gasteiger partial charge in [-0.3, -0.25) is 9.10 Å². The number of anilines is 1. The summed E-state index contributed by atoms with van der Waals surface area (Å²) in [6.07, 6.45) is 1.81. The van der Waals surface area contributed by atoms with Crippen LogP contribution < -0.4 is 9.62 Å². The molecule has 0 radical (unpaired) electrons. The van der Waals surface area contributed by atoms with Gasteiger partial charge in [0.2, 0.25) is 5.91 Å². The lowest BCUT2D eigenvalue weighted by molar-refractivity contribution is -0.119. The molecule has 26 heavy (non-hydrogen) atoms. The number of sulfonamides is 1. The number of unbranched alkanes of at least 4 members (excludes halogenated alkanes) is 1. The zero-order valence-electron chi connectivity index (χ0n) is 14.9. The normalized spacial score (nSPS) is 11.2. The van der Waals surface area contributed by atoms with Gasteiger partial charge in [0, 0.05) is 11.0 Å². The van der Waals surface area contributed by atoms with Gasteiger partial charge in [-0.15, -0.1) is 0 Å². The molecule has 2 aromatic carbocycles. The average molecular weight is 439 g/mol. The number of amides is 1. The molecule has 140 valence electrons. The van der Waals surface area contributed by atoms with Gasteiger partial charge >= 0.3 is 0 Å². The van der Waals surface area contributed by atoms with Crippen molar-refractivity contribution in [2.75, 3.05) is 17.4 Å². The minimum Gasteiger partial charge on any atom is -0.355 e. The summed E-state index contributed by atoms with van der Waals surface area (Å²) in [7, 11) is -3.86. The second kappa shape index (κ2) is 9.19. The van der Waals surface area contributed by atoms with E-state index in [1.54, 1.807) is 42.5 Å². The molecule has 0 saturated heterocycles. The summed E-state index contributed by atoms with van der Waals surface area (Å²) in [5.74, 6) is -0.325. The molecule has 5 nitrogen and oxygen atoms in total. The first-order chi connectivity index (χ1) is 12.3. The van der Waals surface area contributed by atoms with Crippen LogP contribution in [0.25, 0.3) is 0 Å². The van der Waals surface area contributed by atoms with Crippen molar-refractivity contribution >= 4 is 37.5 Å². The number of nitrogens with one attached hydrogen (secondary N) is 1. The molecule has 0 atom stereocenters. The van der Waals surface area contributed by atoms with E-state index in [0.29, 0.717) is 12.2 Å². The van der Waals surface area contributed by atoms with Crippen LogP contribution >= 0.6 is 15.9 Å². The number of carbonyl (C=O) groups is 1. The number of benzene rings is 2. The summed E-state index contributed by atoms with van der Waals surface area (Å²) in [5.41, 5.74) is 1.40. The molecule has 0 heterocycles. The third kappa shape index (κ3) is 5.32. The van der Waals surface area contributed by atoms with Gasteiger partial charge in [0.15, 0.2) is 0 Å². The van der Waals surface area contributed by atoms with Crippen molar-refractivity contribution in [2.45, 2.75) is 31.6 Å². The first kappa shape index (κ1) is 20.5. The van der Waals surface area contributed by atoms with Gasteiger partial charge in [-0.1, -0.05) is 53.0 Å². The summed E-state index contributed by atoms with van der Waals surface area (Å²) in [5, 5.41) is 2.77. The highest BCUT2D eigenvalue weighted by Crippen LogP contribution is 2.26. The molecule has 0 bridgehead atoms. The Kier molecular flexibility index (Phi) is 7.23. The van der Waals surface area contributed by atoms with E-state index in [1.165, 1.54) is 0 Å². The van der Waals surface area contributed by atoms with Crippen LogP contribution in [0.2, 0.25) is 0 Å². The molecule has 0 saturated carbocycles. The molecular weight excluding hydrogens is 416 g/mol. The molecule has 0 aliphatic rings. The Labute approximate surface area is 163 Å². The van der Waals surface area contributed by atoms with Gasteiger partial charge in [0.1, 0.15) is 6.54 Å². The lowest BCUT2D eigenvalue weighted by atomic mass is 10.2. The van der Waals surface area contributed by atoms with Gasteiger partial charge in [-0.25, -0.2) is 8.42 Å². The minimum absolute atomic E-state index is 0.157. The Hall–Kier alpha value is -1.86. The van der Waals surface area contributed by atoms with E-state index in [0.717, 1.165) is 27.2 Å². The van der Waals surface area contributed by atoms with Crippen molar-refractivity contribution in [1.82, 2.24) is 5.32 Å². The fourth-order valence-electron chi connectivity index (χ4n) is 2.37. The van der Waals surface area contributed by atoms with Crippen LogP contribution in [0.1, 0.15) is 25.3 Å². The molecular formula is C19H23BrN2O3S. The summed E-state index contributed by atoms with van der Waals surface area (Å²) in [6.45, 7) is 4.19. The van der Waals surface area contributed by atoms with Crippen molar-refractivity contribution in [3.8, 4) is 0 Å².